The second-order valence-electron chi connectivity index (χ2n) is 5.20. The molecule has 0 radical (unpaired) electrons. The average molecular weight is 252 g/mol. The predicted octanol–water partition coefficient (Wildman–Crippen LogP) is -0.844. The number of nitrogens with zero attached hydrogens (tertiary/aromatic N) is 1. The fourth-order valence-corrected chi connectivity index (χ4v) is 3.52. The van der Waals surface area contributed by atoms with Crippen LogP contribution in [-0.2, 0) is 9.59 Å². The van der Waals surface area contributed by atoms with Crippen molar-refractivity contribution in [3.63, 3.8) is 0 Å². The van der Waals surface area contributed by atoms with Gasteiger partial charge < -0.3 is 20.4 Å². The molecular weight excluding hydrogens is 236 g/mol. The third-order valence-corrected chi connectivity index (χ3v) is 4.25. The summed E-state index contributed by atoms with van der Waals surface area (Å²) in [6, 6.07) is -0.175. The zero-order chi connectivity index (χ0) is 13.0. The van der Waals surface area contributed by atoms with Gasteiger partial charge in [-0.15, -0.1) is 0 Å². The first-order valence-corrected chi connectivity index (χ1v) is 6.22. The lowest BCUT2D eigenvalue weighted by Gasteiger charge is -2.47. The largest absolute Gasteiger partial charge is 0.477 e. The van der Waals surface area contributed by atoms with E-state index in [1.54, 1.807) is 6.92 Å². The van der Waals surface area contributed by atoms with Crippen LogP contribution in [0.2, 0.25) is 0 Å². The van der Waals surface area contributed by atoms with Crippen molar-refractivity contribution in [1.29, 1.82) is 0 Å². The van der Waals surface area contributed by atoms with Gasteiger partial charge in [0.1, 0.15) is 5.70 Å². The van der Waals surface area contributed by atoms with E-state index < -0.39 is 18.0 Å². The molecule has 0 spiro atoms. The maximum atomic E-state index is 12.0. The molecule has 18 heavy (non-hydrogen) atoms. The van der Waals surface area contributed by atoms with Gasteiger partial charge in [0.2, 0.25) is 5.91 Å². The first-order chi connectivity index (χ1) is 8.54. The number of aliphatic hydroxyl groups excluding tert-OH is 1. The van der Waals surface area contributed by atoms with Crippen LogP contribution < -0.4 is 5.32 Å². The van der Waals surface area contributed by atoms with Crippen LogP contribution >= 0.6 is 0 Å². The molecule has 0 aromatic rings. The number of hydrogen-bond donors (Lipinski definition) is 3. The van der Waals surface area contributed by atoms with Crippen molar-refractivity contribution < 1.29 is 19.8 Å². The predicted molar refractivity (Wildman–Crippen MR) is 61.4 cm³/mol. The fourth-order valence-electron chi connectivity index (χ4n) is 3.52. The summed E-state index contributed by atoms with van der Waals surface area (Å²) in [7, 11) is 0. The molecule has 3 heterocycles. The van der Waals surface area contributed by atoms with Gasteiger partial charge in [-0.1, -0.05) is 0 Å². The second-order valence-corrected chi connectivity index (χ2v) is 5.20. The van der Waals surface area contributed by atoms with E-state index >= 15 is 0 Å². The number of carbonyl (C=O) groups is 2. The van der Waals surface area contributed by atoms with E-state index in [9.17, 15) is 19.8 Å². The normalized spacial score (nSPS) is 36.0. The Morgan fingerprint density at radius 1 is 1.56 bits per heavy atom. The maximum absolute atomic E-state index is 12.0. The Hall–Kier alpha value is -1.40. The van der Waals surface area contributed by atoms with Gasteiger partial charge in [-0.2, -0.15) is 0 Å². The zero-order valence-corrected chi connectivity index (χ0v) is 10.1. The van der Waals surface area contributed by atoms with Gasteiger partial charge in [-0.05, 0) is 25.5 Å². The van der Waals surface area contributed by atoms with Crippen molar-refractivity contribution in [2.24, 2.45) is 11.8 Å². The quantitative estimate of drug-likeness (QED) is 0.557. The monoisotopic (exact) mass is 252 g/mol. The topological polar surface area (TPSA) is 89.9 Å². The van der Waals surface area contributed by atoms with Crippen molar-refractivity contribution in [3.05, 3.63) is 11.3 Å². The summed E-state index contributed by atoms with van der Waals surface area (Å²) in [5.41, 5.74) is 1.02. The number of piperidine rings is 1. The van der Waals surface area contributed by atoms with Crippen LogP contribution in [0, 0.1) is 11.8 Å². The second kappa shape index (κ2) is 3.80. The molecule has 2 fully saturated rings. The number of β-lactam (4-membered cyclic amide) rings is 1. The van der Waals surface area contributed by atoms with E-state index in [4.69, 9.17) is 0 Å². The van der Waals surface area contributed by atoms with Crippen LogP contribution in [0.5, 0.6) is 0 Å². The highest BCUT2D eigenvalue weighted by Gasteiger charge is 2.61. The zero-order valence-electron chi connectivity index (χ0n) is 10.1. The van der Waals surface area contributed by atoms with Crippen LogP contribution in [0.15, 0.2) is 11.3 Å². The molecule has 0 aliphatic carbocycles. The summed E-state index contributed by atoms with van der Waals surface area (Å²) in [5, 5.41) is 22.2. The highest BCUT2D eigenvalue weighted by atomic mass is 16.4. The molecule has 0 aromatic heterocycles. The van der Waals surface area contributed by atoms with Crippen LogP contribution in [0.25, 0.3) is 0 Å². The van der Waals surface area contributed by atoms with Crippen LogP contribution in [0.4, 0.5) is 0 Å². The summed E-state index contributed by atoms with van der Waals surface area (Å²) in [6.07, 6.45) is -0.0610. The van der Waals surface area contributed by atoms with Crippen LogP contribution in [0.1, 0.15) is 13.3 Å². The molecule has 6 nitrogen and oxygen atoms in total. The standard InChI is InChI=1S/C12H16N2O4/c1-5(15)8-9-7-4-13-3-2-6(7)10(12(17)18)14(9)11(8)16/h5,7-9,13,15H,2-4H2,1H3,(H,17,18)/t5-,7-,8-,9-/m1/s1. The fraction of sp³-hybridized carbons (Fsp3) is 0.667. The molecule has 3 aliphatic rings. The van der Waals surface area contributed by atoms with Crippen molar-refractivity contribution in [2.45, 2.75) is 25.5 Å². The summed E-state index contributed by atoms with van der Waals surface area (Å²) < 4.78 is 0. The average Bonchev–Trinajstić information content (AvgIpc) is 2.60. The molecule has 0 aromatic carbocycles. The van der Waals surface area contributed by atoms with Crippen LogP contribution in [0.3, 0.4) is 0 Å². The summed E-state index contributed by atoms with van der Waals surface area (Å²) >= 11 is 0. The van der Waals surface area contributed by atoms with E-state index in [2.05, 4.69) is 5.32 Å². The number of amides is 1. The van der Waals surface area contributed by atoms with E-state index in [0.717, 1.165) is 12.1 Å². The van der Waals surface area contributed by atoms with Crippen LogP contribution in [-0.4, -0.2) is 52.2 Å². The first-order valence-electron chi connectivity index (χ1n) is 6.22. The third-order valence-electron chi connectivity index (χ3n) is 4.25. The van der Waals surface area contributed by atoms with E-state index in [1.807, 2.05) is 0 Å². The van der Waals surface area contributed by atoms with Gasteiger partial charge in [0, 0.05) is 12.5 Å². The van der Waals surface area contributed by atoms with Crippen molar-refractivity contribution in [2.75, 3.05) is 13.1 Å². The molecule has 2 saturated heterocycles. The number of carboxylic acids is 1. The van der Waals surface area contributed by atoms with Gasteiger partial charge in [-0.3, -0.25) is 4.79 Å². The third kappa shape index (κ3) is 1.30. The summed E-state index contributed by atoms with van der Waals surface area (Å²) in [6.45, 7) is 3.02. The van der Waals surface area contributed by atoms with E-state index in [-0.39, 0.29) is 23.6 Å². The number of nitrogens with one attached hydrogen (secondary N) is 1. The van der Waals surface area contributed by atoms with E-state index in [1.165, 1.54) is 4.90 Å². The minimum Gasteiger partial charge on any atom is -0.477 e. The number of aliphatic hydroxyl groups is 1. The molecule has 3 N–H and O–H groups in total. The molecule has 0 bridgehead atoms. The number of rotatable bonds is 2. The Kier molecular flexibility index (Phi) is 2.46. The molecule has 98 valence electrons. The van der Waals surface area contributed by atoms with Gasteiger partial charge in [-0.25, -0.2) is 4.79 Å². The Bertz CT molecular complexity index is 457. The summed E-state index contributed by atoms with van der Waals surface area (Å²) in [5.74, 6) is -1.70. The van der Waals surface area contributed by atoms with Gasteiger partial charge in [0.25, 0.3) is 0 Å². The molecular formula is C12H16N2O4. The Labute approximate surface area is 104 Å². The lowest BCUT2D eigenvalue weighted by molar-refractivity contribution is -0.163. The Morgan fingerprint density at radius 3 is 2.89 bits per heavy atom. The van der Waals surface area contributed by atoms with Crippen molar-refractivity contribution in [3.8, 4) is 0 Å². The first kappa shape index (κ1) is 11.7. The van der Waals surface area contributed by atoms with Gasteiger partial charge in [0.15, 0.2) is 0 Å². The highest BCUT2D eigenvalue weighted by Crippen LogP contribution is 2.48. The maximum Gasteiger partial charge on any atom is 0.352 e. The molecule has 0 unspecified atom stereocenters. The summed E-state index contributed by atoms with van der Waals surface area (Å²) in [4.78, 5) is 24.7. The molecule has 3 rings (SSSR count). The minimum absolute atomic E-state index is 0.0437. The van der Waals surface area contributed by atoms with Crippen molar-refractivity contribution >= 4 is 11.9 Å². The molecule has 6 heteroatoms. The Morgan fingerprint density at radius 2 is 2.28 bits per heavy atom. The molecule has 1 amide bonds. The smallest absolute Gasteiger partial charge is 0.352 e. The van der Waals surface area contributed by atoms with Gasteiger partial charge in [0.05, 0.1) is 18.1 Å². The number of hydrogen-bond acceptors (Lipinski definition) is 4. The lowest BCUT2D eigenvalue weighted by atomic mass is 9.75. The molecule has 0 saturated carbocycles. The minimum atomic E-state index is -1.03. The molecule has 3 aliphatic heterocycles. The Balaban J connectivity index is 2.00. The van der Waals surface area contributed by atoms with Gasteiger partial charge >= 0.3 is 5.97 Å². The molecule has 4 atom stereocenters. The lowest BCUT2D eigenvalue weighted by Crippen LogP contribution is -2.64. The number of carboxylic acid groups (broad SMARTS) is 1. The van der Waals surface area contributed by atoms with Crippen molar-refractivity contribution in [1.82, 2.24) is 10.2 Å². The number of aliphatic carboxylic acids is 1. The number of fused-ring (bicyclic) bond motifs is 3. The van der Waals surface area contributed by atoms with E-state index in [0.29, 0.717) is 13.0 Å². The highest BCUT2D eigenvalue weighted by molar-refractivity contribution is 6.00. The number of carbonyl (C=O) groups excluding carboxylic acids is 1. The SMILES string of the molecule is C[C@@H](O)[C@H]1C(=O)N2C(C(=O)O)=C3CCNC[C@H]3[C@H]12.